The van der Waals surface area contributed by atoms with Crippen molar-refractivity contribution in [3.05, 3.63) is 42.0 Å². The number of rotatable bonds is 1. The fraction of sp³-hybridized carbons (Fsp3) is 0.167. The topological polar surface area (TPSA) is 40.5 Å². The quantitative estimate of drug-likeness (QED) is 0.722. The molecule has 1 atom stereocenters. The van der Waals surface area contributed by atoms with E-state index in [0.717, 1.165) is 10.8 Å². The van der Waals surface area contributed by atoms with Gasteiger partial charge in [-0.25, -0.2) is 0 Å². The van der Waals surface area contributed by atoms with Crippen LogP contribution in [-0.4, -0.2) is 10.2 Å². The number of hydrogen-bond acceptors (Lipinski definition) is 2. The first-order valence-corrected chi connectivity index (χ1v) is 4.59. The largest absolute Gasteiger partial charge is 0.507 e. The molecule has 0 fully saturated rings. The van der Waals surface area contributed by atoms with Crippen LogP contribution in [0.3, 0.4) is 0 Å². The van der Waals surface area contributed by atoms with Crippen LogP contribution >= 0.6 is 0 Å². The van der Waals surface area contributed by atoms with Crippen molar-refractivity contribution >= 4 is 10.8 Å². The summed E-state index contributed by atoms with van der Waals surface area (Å²) in [5.41, 5.74) is 0.573. The predicted molar refractivity (Wildman–Crippen MR) is 56.2 cm³/mol. The molecule has 0 aliphatic rings. The van der Waals surface area contributed by atoms with Crippen LogP contribution in [0.25, 0.3) is 10.8 Å². The molecule has 0 bridgehead atoms. The van der Waals surface area contributed by atoms with Gasteiger partial charge in [-0.15, -0.1) is 0 Å². The van der Waals surface area contributed by atoms with Gasteiger partial charge in [-0.2, -0.15) is 0 Å². The van der Waals surface area contributed by atoms with E-state index in [-0.39, 0.29) is 5.75 Å². The Kier molecular flexibility index (Phi) is 2.14. The highest BCUT2D eigenvalue weighted by Crippen LogP contribution is 2.31. The highest BCUT2D eigenvalue weighted by Gasteiger charge is 2.09. The van der Waals surface area contributed by atoms with Crippen molar-refractivity contribution < 1.29 is 10.2 Å². The van der Waals surface area contributed by atoms with Gasteiger partial charge < -0.3 is 10.2 Å². The Morgan fingerprint density at radius 2 is 1.79 bits per heavy atom. The van der Waals surface area contributed by atoms with Crippen LogP contribution in [0.1, 0.15) is 18.6 Å². The van der Waals surface area contributed by atoms with Gasteiger partial charge in [-0.3, -0.25) is 0 Å². The van der Waals surface area contributed by atoms with Crippen LogP contribution in [0.2, 0.25) is 0 Å². The Labute approximate surface area is 82.4 Å². The van der Waals surface area contributed by atoms with Crippen molar-refractivity contribution in [2.24, 2.45) is 0 Å². The van der Waals surface area contributed by atoms with E-state index in [4.69, 9.17) is 0 Å². The highest BCUT2D eigenvalue weighted by atomic mass is 16.3. The number of hydrogen-bond donors (Lipinski definition) is 2. The van der Waals surface area contributed by atoms with E-state index in [1.54, 1.807) is 13.0 Å². The van der Waals surface area contributed by atoms with E-state index in [9.17, 15) is 10.2 Å². The van der Waals surface area contributed by atoms with Gasteiger partial charge in [-0.05, 0) is 12.3 Å². The molecule has 2 nitrogen and oxygen atoms in total. The first-order chi connectivity index (χ1) is 6.70. The lowest BCUT2D eigenvalue weighted by molar-refractivity contribution is 0.195. The molecule has 14 heavy (non-hydrogen) atoms. The molecule has 2 N–H and O–H groups in total. The first-order valence-electron chi connectivity index (χ1n) is 4.59. The van der Waals surface area contributed by atoms with Crippen molar-refractivity contribution in [2.45, 2.75) is 13.0 Å². The Bertz CT molecular complexity index is 461. The van der Waals surface area contributed by atoms with Crippen molar-refractivity contribution in [3.8, 4) is 5.75 Å². The summed E-state index contributed by atoms with van der Waals surface area (Å²) in [5.74, 6) is 0.179. The molecule has 0 radical (unpaired) electrons. The molecule has 0 aliphatic heterocycles. The van der Waals surface area contributed by atoms with Crippen LogP contribution in [0.15, 0.2) is 36.4 Å². The number of phenols is 1. The van der Waals surface area contributed by atoms with E-state index < -0.39 is 6.10 Å². The fourth-order valence-corrected chi connectivity index (χ4v) is 1.61. The molecule has 0 spiro atoms. The summed E-state index contributed by atoms with van der Waals surface area (Å²) in [4.78, 5) is 0. The SMILES string of the molecule is C[C@H](O)c1ccc2ccccc2c1O. The van der Waals surface area contributed by atoms with E-state index in [1.807, 2.05) is 30.3 Å². The average molecular weight is 188 g/mol. The van der Waals surface area contributed by atoms with Gasteiger partial charge >= 0.3 is 0 Å². The molecule has 2 heteroatoms. The van der Waals surface area contributed by atoms with Gasteiger partial charge in [0, 0.05) is 10.9 Å². The van der Waals surface area contributed by atoms with Gasteiger partial charge in [0.2, 0.25) is 0 Å². The van der Waals surface area contributed by atoms with E-state index >= 15 is 0 Å². The summed E-state index contributed by atoms with van der Waals surface area (Å²) in [6, 6.07) is 11.2. The van der Waals surface area contributed by atoms with Gasteiger partial charge in [0.15, 0.2) is 0 Å². The summed E-state index contributed by atoms with van der Waals surface area (Å²) in [5, 5.41) is 21.0. The number of phenolic OH excluding ortho intramolecular Hbond substituents is 1. The fourth-order valence-electron chi connectivity index (χ4n) is 1.61. The lowest BCUT2D eigenvalue weighted by Gasteiger charge is -2.09. The van der Waals surface area contributed by atoms with Crippen molar-refractivity contribution in [2.75, 3.05) is 0 Å². The molecule has 2 aromatic carbocycles. The zero-order valence-corrected chi connectivity index (χ0v) is 7.94. The highest BCUT2D eigenvalue weighted by molar-refractivity contribution is 5.89. The molecular formula is C12H12O2. The molecule has 0 saturated heterocycles. The van der Waals surface area contributed by atoms with Crippen molar-refractivity contribution in [1.29, 1.82) is 0 Å². The second-order valence-corrected chi connectivity index (χ2v) is 3.40. The smallest absolute Gasteiger partial charge is 0.129 e. The Hall–Kier alpha value is -1.54. The van der Waals surface area contributed by atoms with Gasteiger partial charge in [0.1, 0.15) is 5.75 Å². The standard InChI is InChI=1S/C12H12O2/c1-8(13)10-7-6-9-4-2-3-5-11(9)12(10)14/h2-8,13-14H,1H3/t8-/m0/s1. The van der Waals surface area contributed by atoms with Gasteiger partial charge in [-0.1, -0.05) is 36.4 Å². The Morgan fingerprint density at radius 1 is 1.07 bits per heavy atom. The third-order valence-corrected chi connectivity index (χ3v) is 2.38. The summed E-state index contributed by atoms with van der Waals surface area (Å²) in [6.45, 7) is 1.64. The minimum Gasteiger partial charge on any atom is -0.507 e. The predicted octanol–water partition coefficient (Wildman–Crippen LogP) is 2.60. The van der Waals surface area contributed by atoms with E-state index in [2.05, 4.69) is 0 Å². The van der Waals surface area contributed by atoms with Gasteiger partial charge in [0.25, 0.3) is 0 Å². The maximum atomic E-state index is 9.86. The Balaban J connectivity index is 2.75. The van der Waals surface area contributed by atoms with E-state index in [0.29, 0.717) is 5.56 Å². The Morgan fingerprint density at radius 3 is 2.50 bits per heavy atom. The molecule has 72 valence electrons. The van der Waals surface area contributed by atoms with Crippen LogP contribution in [0.5, 0.6) is 5.75 Å². The molecule has 0 aromatic heterocycles. The monoisotopic (exact) mass is 188 g/mol. The minimum atomic E-state index is -0.639. The molecule has 0 saturated carbocycles. The van der Waals surface area contributed by atoms with Crippen LogP contribution in [-0.2, 0) is 0 Å². The molecular weight excluding hydrogens is 176 g/mol. The number of fused-ring (bicyclic) bond motifs is 1. The average Bonchev–Trinajstić information content (AvgIpc) is 2.18. The maximum absolute atomic E-state index is 9.86. The number of aliphatic hydroxyl groups is 1. The van der Waals surface area contributed by atoms with Crippen molar-refractivity contribution in [1.82, 2.24) is 0 Å². The summed E-state index contributed by atoms with van der Waals surface area (Å²) in [7, 11) is 0. The summed E-state index contributed by atoms with van der Waals surface area (Å²) >= 11 is 0. The number of aliphatic hydroxyl groups excluding tert-OH is 1. The lowest BCUT2D eigenvalue weighted by Crippen LogP contribution is -1.91. The first kappa shape index (κ1) is 9.03. The third-order valence-electron chi connectivity index (χ3n) is 2.38. The third kappa shape index (κ3) is 1.34. The van der Waals surface area contributed by atoms with Crippen LogP contribution in [0, 0.1) is 0 Å². The molecule has 2 aromatic rings. The summed E-state index contributed by atoms with van der Waals surface area (Å²) in [6.07, 6.45) is -0.639. The zero-order chi connectivity index (χ0) is 10.1. The number of aromatic hydroxyl groups is 1. The molecule has 0 unspecified atom stereocenters. The lowest BCUT2D eigenvalue weighted by atomic mass is 10.0. The molecule has 0 heterocycles. The maximum Gasteiger partial charge on any atom is 0.129 e. The second kappa shape index (κ2) is 3.31. The zero-order valence-electron chi connectivity index (χ0n) is 7.94. The second-order valence-electron chi connectivity index (χ2n) is 3.40. The van der Waals surface area contributed by atoms with Crippen LogP contribution in [0.4, 0.5) is 0 Å². The number of benzene rings is 2. The van der Waals surface area contributed by atoms with Crippen molar-refractivity contribution in [3.63, 3.8) is 0 Å². The van der Waals surface area contributed by atoms with Crippen LogP contribution < -0.4 is 0 Å². The minimum absolute atomic E-state index is 0.179. The van der Waals surface area contributed by atoms with Gasteiger partial charge in [0.05, 0.1) is 6.10 Å². The molecule has 2 rings (SSSR count). The summed E-state index contributed by atoms with van der Waals surface area (Å²) < 4.78 is 0. The molecule has 0 amide bonds. The molecule has 0 aliphatic carbocycles. The van der Waals surface area contributed by atoms with E-state index in [1.165, 1.54) is 0 Å². The normalized spacial score (nSPS) is 13.0.